The zero-order valence-electron chi connectivity index (χ0n) is 10.5. The van der Waals surface area contributed by atoms with Crippen molar-refractivity contribution in [1.29, 1.82) is 0 Å². The normalized spacial score (nSPS) is 10.6. The molecule has 0 saturated carbocycles. The molecule has 0 aliphatic rings. The van der Waals surface area contributed by atoms with E-state index in [4.69, 9.17) is 22.2 Å². The first-order valence-corrected chi connectivity index (χ1v) is 7.53. The standard InChI is InChI=1S/C12H11BrClN3O2S/c1-19-17(6-7-4-2-3-5-8(7)14)11(18)9-10(13)16-12(15)20-9/h2-5H,6H2,1H3,(H2,15,16). The predicted molar refractivity (Wildman–Crippen MR) is 82.6 cm³/mol. The summed E-state index contributed by atoms with van der Waals surface area (Å²) in [5.74, 6) is -0.325. The second-order valence-corrected chi connectivity index (χ2v) is 5.98. The Bertz CT molecular complexity index is 635. The lowest BCUT2D eigenvalue weighted by Gasteiger charge is -2.19. The molecule has 0 aliphatic heterocycles. The molecule has 5 nitrogen and oxygen atoms in total. The van der Waals surface area contributed by atoms with E-state index in [-0.39, 0.29) is 12.5 Å². The van der Waals surface area contributed by atoms with Gasteiger partial charge in [0.1, 0.15) is 9.48 Å². The van der Waals surface area contributed by atoms with Crippen molar-refractivity contribution in [3.63, 3.8) is 0 Å². The molecule has 20 heavy (non-hydrogen) atoms. The van der Waals surface area contributed by atoms with E-state index in [1.54, 1.807) is 6.07 Å². The van der Waals surface area contributed by atoms with Crippen LogP contribution in [0.3, 0.4) is 0 Å². The maximum Gasteiger partial charge on any atom is 0.290 e. The van der Waals surface area contributed by atoms with Crippen LogP contribution in [0.5, 0.6) is 0 Å². The van der Waals surface area contributed by atoms with Crippen LogP contribution >= 0.6 is 38.9 Å². The van der Waals surface area contributed by atoms with Crippen molar-refractivity contribution in [3.05, 3.63) is 44.3 Å². The Balaban J connectivity index is 2.22. The molecule has 8 heteroatoms. The van der Waals surface area contributed by atoms with Gasteiger partial charge < -0.3 is 5.73 Å². The highest BCUT2D eigenvalue weighted by Gasteiger charge is 2.22. The summed E-state index contributed by atoms with van der Waals surface area (Å²) in [5, 5.41) is 2.10. The molecule has 0 atom stereocenters. The van der Waals surface area contributed by atoms with Gasteiger partial charge in [-0.3, -0.25) is 9.63 Å². The second-order valence-electron chi connectivity index (χ2n) is 3.79. The molecule has 0 radical (unpaired) electrons. The van der Waals surface area contributed by atoms with Gasteiger partial charge in [0.25, 0.3) is 5.91 Å². The molecule has 1 aromatic heterocycles. The lowest BCUT2D eigenvalue weighted by molar-refractivity contribution is -0.101. The zero-order valence-corrected chi connectivity index (χ0v) is 13.6. The first-order chi connectivity index (χ1) is 9.52. The quantitative estimate of drug-likeness (QED) is 0.831. The molecule has 0 unspecified atom stereocenters. The van der Waals surface area contributed by atoms with E-state index in [1.165, 1.54) is 12.2 Å². The number of carbonyl (C=O) groups is 1. The Hall–Kier alpha value is -1.15. The van der Waals surface area contributed by atoms with Crippen molar-refractivity contribution in [3.8, 4) is 0 Å². The average Bonchev–Trinajstić information content (AvgIpc) is 2.76. The van der Waals surface area contributed by atoms with Crippen LogP contribution in [0, 0.1) is 0 Å². The largest absolute Gasteiger partial charge is 0.375 e. The van der Waals surface area contributed by atoms with Crippen molar-refractivity contribution >= 4 is 49.9 Å². The third-order valence-corrected chi connectivity index (χ3v) is 4.59. The highest BCUT2D eigenvalue weighted by molar-refractivity contribution is 9.10. The number of nitrogens with two attached hydrogens (primary N) is 1. The number of hydroxylamine groups is 2. The molecular formula is C12H11BrClN3O2S. The minimum atomic E-state index is -0.325. The SMILES string of the molecule is CON(Cc1ccccc1Cl)C(=O)c1sc(N)nc1Br. The third kappa shape index (κ3) is 3.29. The number of rotatable bonds is 4. The maximum atomic E-state index is 12.4. The van der Waals surface area contributed by atoms with Crippen LogP contribution in [0.4, 0.5) is 5.13 Å². The van der Waals surface area contributed by atoms with Gasteiger partial charge >= 0.3 is 0 Å². The number of nitrogen functional groups attached to an aromatic ring is 1. The van der Waals surface area contributed by atoms with E-state index in [1.807, 2.05) is 18.2 Å². The molecule has 0 aliphatic carbocycles. The van der Waals surface area contributed by atoms with Gasteiger partial charge in [0, 0.05) is 5.02 Å². The summed E-state index contributed by atoms with van der Waals surface area (Å²) in [7, 11) is 1.42. The van der Waals surface area contributed by atoms with Crippen molar-refractivity contribution in [2.45, 2.75) is 6.54 Å². The minimum absolute atomic E-state index is 0.235. The summed E-state index contributed by atoms with van der Waals surface area (Å²) in [6, 6.07) is 7.26. The molecule has 2 aromatic rings. The van der Waals surface area contributed by atoms with E-state index in [2.05, 4.69) is 20.9 Å². The van der Waals surface area contributed by atoms with E-state index in [9.17, 15) is 4.79 Å². The van der Waals surface area contributed by atoms with Crippen molar-refractivity contribution in [2.24, 2.45) is 0 Å². The molecule has 0 spiro atoms. The molecule has 1 amide bonds. The lowest BCUT2D eigenvalue weighted by Crippen LogP contribution is -2.29. The van der Waals surface area contributed by atoms with E-state index < -0.39 is 0 Å². The van der Waals surface area contributed by atoms with Crippen LogP contribution in [-0.2, 0) is 11.4 Å². The highest BCUT2D eigenvalue weighted by Crippen LogP contribution is 2.27. The van der Waals surface area contributed by atoms with Crippen LogP contribution in [-0.4, -0.2) is 23.1 Å². The van der Waals surface area contributed by atoms with E-state index in [0.29, 0.717) is 19.6 Å². The summed E-state index contributed by atoms with van der Waals surface area (Å²) < 4.78 is 0.409. The van der Waals surface area contributed by atoms with E-state index >= 15 is 0 Å². The third-order valence-electron chi connectivity index (χ3n) is 2.52. The second kappa shape index (κ2) is 6.53. The lowest BCUT2D eigenvalue weighted by atomic mass is 10.2. The smallest absolute Gasteiger partial charge is 0.290 e. The molecular weight excluding hydrogens is 366 g/mol. The van der Waals surface area contributed by atoms with Crippen LogP contribution in [0.15, 0.2) is 28.9 Å². The number of thiazole rings is 1. The number of carbonyl (C=O) groups excluding carboxylic acids is 1. The fourth-order valence-electron chi connectivity index (χ4n) is 1.56. The van der Waals surface area contributed by atoms with Gasteiger partial charge in [-0.2, -0.15) is 0 Å². The van der Waals surface area contributed by atoms with Gasteiger partial charge in [-0.15, -0.1) is 0 Å². The van der Waals surface area contributed by atoms with Crippen molar-refractivity contribution in [1.82, 2.24) is 10.0 Å². The van der Waals surface area contributed by atoms with Gasteiger partial charge in [0.15, 0.2) is 5.13 Å². The Morgan fingerprint density at radius 3 is 2.80 bits per heavy atom. The predicted octanol–water partition coefficient (Wildman–Crippen LogP) is 3.35. The van der Waals surface area contributed by atoms with Gasteiger partial charge in [-0.05, 0) is 27.6 Å². The van der Waals surface area contributed by atoms with Crippen molar-refractivity contribution in [2.75, 3.05) is 12.8 Å². The Labute approximate surface area is 133 Å². The molecule has 106 valence electrons. The molecule has 2 rings (SSSR count). The van der Waals surface area contributed by atoms with Gasteiger partial charge in [0.2, 0.25) is 0 Å². The van der Waals surface area contributed by atoms with Crippen LogP contribution in [0.1, 0.15) is 15.2 Å². The minimum Gasteiger partial charge on any atom is -0.375 e. The molecule has 1 heterocycles. The Morgan fingerprint density at radius 1 is 1.55 bits per heavy atom. The van der Waals surface area contributed by atoms with Crippen LogP contribution in [0.2, 0.25) is 5.02 Å². The molecule has 2 N–H and O–H groups in total. The van der Waals surface area contributed by atoms with Gasteiger partial charge in [-0.25, -0.2) is 10.0 Å². The monoisotopic (exact) mass is 375 g/mol. The highest BCUT2D eigenvalue weighted by atomic mass is 79.9. The molecule has 1 aromatic carbocycles. The van der Waals surface area contributed by atoms with Crippen LogP contribution in [0.25, 0.3) is 0 Å². The number of aromatic nitrogens is 1. The fourth-order valence-corrected chi connectivity index (χ4v) is 3.14. The van der Waals surface area contributed by atoms with Crippen molar-refractivity contribution < 1.29 is 9.63 Å². The summed E-state index contributed by atoms with van der Waals surface area (Å²) in [4.78, 5) is 21.8. The number of halogens is 2. The Kier molecular flexibility index (Phi) is 4.98. The molecule has 0 fully saturated rings. The number of nitrogens with zero attached hydrogens (tertiary/aromatic N) is 2. The number of benzene rings is 1. The summed E-state index contributed by atoms with van der Waals surface area (Å²) >= 11 is 10.4. The van der Waals surface area contributed by atoms with Gasteiger partial charge in [0.05, 0.1) is 13.7 Å². The summed E-state index contributed by atoms with van der Waals surface area (Å²) in [6.07, 6.45) is 0. The van der Waals surface area contributed by atoms with Crippen LogP contribution < -0.4 is 5.73 Å². The topological polar surface area (TPSA) is 68.5 Å². The Morgan fingerprint density at radius 2 is 2.25 bits per heavy atom. The average molecular weight is 377 g/mol. The number of anilines is 1. The summed E-state index contributed by atoms with van der Waals surface area (Å²) in [6.45, 7) is 0.235. The van der Waals surface area contributed by atoms with Gasteiger partial charge in [-0.1, -0.05) is 41.1 Å². The fraction of sp³-hybridized carbons (Fsp3) is 0.167. The first-order valence-electron chi connectivity index (χ1n) is 5.54. The first kappa shape index (κ1) is 15.2. The maximum absolute atomic E-state index is 12.4. The van der Waals surface area contributed by atoms with E-state index in [0.717, 1.165) is 16.9 Å². The number of hydrogen-bond acceptors (Lipinski definition) is 5. The molecule has 0 saturated heterocycles. The molecule has 0 bridgehead atoms. The number of hydrogen-bond donors (Lipinski definition) is 1. The number of amides is 1. The zero-order chi connectivity index (χ0) is 14.7. The summed E-state index contributed by atoms with van der Waals surface area (Å²) in [5.41, 5.74) is 6.37.